The van der Waals surface area contributed by atoms with Crippen molar-refractivity contribution in [2.75, 3.05) is 20.2 Å². The maximum atomic E-state index is 12.1. The van der Waals surface area contributed by atoms with Crippen molar-refractivity contribution in [1.82, 2.24) is 4.90 Å². The average molecular weight is 312 g/mol. The summed E-state index contributed by atoms with van der Waals surface area (Å²) in [7, 11) is -2.00. The van der Waals surface area contributed by atoms with E-state index in [4.69, 9.17) is 9.88 Å². The van der Waals surface area contributed by atoms with E-state index in [1.807, 2.05) is 4.90 Å². The van der Waals surface area contributed by atoms with E-state index in [0.717, 1.165) is 18.5 Å². The molecule has 1 amide bonds. The van der Waals surface area contributed by atoms with E-state index in [-0.39, 0.29) is 16.9 Å². The summed E-state index contributed by atoms with van der Waals surface area (Å²) in [4.78, 5) is 14.0. The monoisotopic (exact) mass is 312 g/mol. The molecule has 21 heavy (non-hydrogen) atoms. The van der Waals surface area contributed by atoms with Crippen molar-refractivity contribution in [3.8, 4) is 0 Å². The molecule has 0 aliphatic carbocycles. The number of nitrogens with zero attached hydrogens (tertiary/aromatic N) is 1. The Balaban J connectivity index is 1.87. The van der Waals surface area contributed by atoms with Crippen molar-refractivity contribution >= 4 is 15.9 Å². The summed E-state index contributed by atoms with van der Waals surface area (Å²) in [5.41, 5.74) is 0.915. The molecule has 1 heterocycles. The Kier molecular flexibility index (Phi) is 4.97. The molecule has 116 valence electrons. The molecule has 0 radical (unpaired) electrons. The number of carbonyl (C=O) groups is 1. The summed E-state index contributed by atoms with van der Waals surface area (Å²) in [6.45, 7) is 1.39. The number of benzene rings is 1. The highest BCUT2D eigenvalue weighted by Gasteiger charge is 2.25. The summed E-state index contributed by atoms with van der Waals surface area (Å²) < 4.78 is 27.5. The Bertz CT molecular complexity index is 598. The van der Waals surface area contributed by atoms with Crippen LogP contribution in [0.5, 0.6) is 0 Å². The van der Waals surface area contributed by atoms with Gasteiger partial charge < -0.3 is 9.64 Å². The van der Waals surface area contributed by atoms with Crippen molar-refractivity contribution in [3.05, 3.63) is 29.8 Å². The van der Waals surface area contributed by atoms with Gasteiger partial charge in [-0.15, -0.1) is 0 Å². The van der Waals surface area contributed by atoms with Gasteiger partial charge in [-0.25, -0.2) is 13.6 Å². The van der Waals surface area contributed by atoms with Gasteiger partial charge in [0.25, 0.3) is 0 Å². The number of sulfonamides is 1. The minimum Gasteiger partial charge on any atom is -0.380 e. The van der Waals surface area contributed by atoms with Crippen LogP contribution in [0.2, 0.25) is 0 Å². The zero-order chi connectivity index (χ0) is 15.5. The highest BCUT2D eigenvalue weighted by molar-refractivity contribution is 7.89. The lowest BCUT2D eigenvalue weighted by molar-refractivity contribution is -0.130. The van der Waals surface area contributed by atoms with Gasteiger partial charge in [-0.3, -0.25) is 4.79 Å². The quantitative estimate of drug-likeness (QED) is 0.858. The molecule has 6 nitrogen and oxygen atoms in total. The number of aryl methyl sites for hydroxylation is 1. The first kappa shape index (κ1) is 15.9. The first-order chi connectivity index (χ1) is 9.90. The molecular weight excluding hydrogens is 292 g/mol. The smallest absolute Gasteiger partial charge is 0.238 e. The van der Waals surface area contributed by atoms with Crippen LogP contribution < -0.4 is 5.14 Å². The predicted octanol–water partition coefficient (Wildman–Crippen LogP) is 0.514. The molecule has 7 heteroatoms. The lowest BCUT2D eigenvalue weighted by Gasteiger charge is -2.16. The van der Waals surface area contributed by atoms with Gasteiger partial charge in [0, 0.05) is 26.6 Å². The van der Waals surface area contributed by atoms with Crippen LogP contribution in [0.3, 0.4) is 0 Å². The molecule has 2 rings (SSSR count). The van der Waals surface area contributed by atoms with E-state index < -0.39 is 10.0 Å². The number of primary sulfonamides is 1. The number of hydrogen-bond donors (Lipinski definition) is 1. The first-order valence-electron chi connectivity index (χ1n) is 6.82. The van der Waals surface area contributed by atoms with Gasteiger partial charge in [-0.1, -0.05) is 12.1 Å². The molecule has 0 spiro atoms. The minimum absolute atomic E-state index is 0.0834. The maximum Gasteiger partial charge on any atom is 0.238 e. The second kappa shape index (κ2) is 6.55. The second-order valence-corrected chi connectivity index (χ2v) is 6.74. The largest absolute Gasteiger partial charge is 0.380 e. The van der Waals surface area contributed by atoms with Gasteiger partial charge >= 0.3 is 0 Å². The number of nitrogens with two attached hydrogens (primary N) is 1. The molecule has 2 N–H and O–H groups in total. The summed E-state index contributed by atoms with van der Waals surface area (Å²) in [6, 6.07) is 6.31. The zero-order valence-corrected chi connectivity index (χ0v) is 12.8. The van der Waals surface area contributed by atoms with E-state index >= 15 is 0 Å². The molecule has 1 saturated heterocycles. The van der Waals surface area contributed by atoms with Crippen molar-refractivity contribution in [2.45, 2.75) is 30.3 Å². The Hall–Kier alpha value is -1.44. The Morgan fingerprint density at radius 1 is 1.38 bits per heavy atom. The third-order valence-corrected chi connectivity index (χ3v) is 4.64. The van der Waals surface area contributed by atoms with Gasteiger partial charge in [-0.05, 0) is 30.5 Å². The van der Waals surface area contributed by atoms with E-state index in [0.29, 0.717) is 19.4 Å². The van der Waals surface area contributed by atoms with E-state index in [2.05, 4.69) is 0 Å². The highest BCUT2D eigenvalue weighted by atomic mass is 32.2. The second-order valence-electron chi connectivity index (χ2n) is 5.18. The molecule has 1 unspecified atom stereocenters. The number of ether oxygens (including phenoxy) is 1. The van der Waals surface area contributed by atoms with Crippen LogP contribution in [-0.4, -0.2) is 45.5 Å². The van der Waals surface area contributed by atoms with Gasteiger partial charge in [-0.2, -0.15) is 0 Å². The van der Waals surface area contributed by atoms with Crippen LogP contribution in [0.25, 0.3) is 0 Å². The SMILES string of the molecule is COC1CCN(C(=O)CCc2ccc(S(N)(=O)=O)cc2)C1. The third-order valence-electron chi connectivity index (χ3n) is 3.71. The molecule has 1 atom stereocenters. The Labute approximate surface area is 124 Å². The van der Waals surface area contributed by atoms with E-state index in [9.17, 15) is 13.2 Å². The van der Waals surface area contributed by atoms with Crippen LogP contribution in [0.4, 0.5) is 0 Å². The van der Waals surface area contributed by atoms with Crippen molar-refractivity contribution in [1.29, 1.82) is 0 Å². The number of methoxy groups -OCH3 is 1. The molecule has 1 aromatic carbocycles. The number of amides is 1. The normalized spacial score (nSPS) is 19.0. The molecular formula is C14H20N2O4S. The molecule has 1 fully saturated rings. The van der Waals surface area contributed by atoms with Gasteiger partial charge in [0.15, 0.2) is 0 Å². The Morgan fingerprint density at radius 3 is 2.57 bits per heavy atom. The molecule has 0 aromatic heterocycles. The van der Waals surface area contributed by atoms with E-state index in [1.165, 1.54) is 12.1 Å². The molecule has 0 bridgehead atoms. The highest BCUT2D eigenvalue weighted by Crippen LogP contribution is 2.15. The summed E-state index contributed by atoms with van der Waals surface area (Å²) in [5, 5.41) is 5.04. The van der Waals surface area contributed by atoms with Crippen molar-refractivity contribution in [3.63, 3.8) is 0 Å². The van der Waals surface area contributed by atoms with Crippen LogP contribution in [0, 0.1) is 0 Å². The molecule has 1 aliphatic heterocycles. The fourth-order valence-corrected chi connectivity index (χ4v) is 2.92. The topological polar surface area (TPSA) is 89.7 Å². The number of rotatable bonds is 5. The standard InChI is InChI=1S/C14H20N2O4S/c1-20-12-8-9-16(10-12)14(17)7-4-11-2-5-13(6-3-11)21(15,18)19/h2-3,5-6,12H,4,7-10H2,1H3,(H2,15,18,19). The summed E-state index contributed by atoms with van der Waals surface area (Å²) >= 11 is 0. The van der Waals surface area contributed by atoms with Gasteiger partial charge in [0.2, 0.25) is 15.9 Å². The van der Waals surface area contributed by atoms with Crippen LogP contribution >= 0.6 is 0 Å². The average Bonchev–Trinajstić information content (AvgIpc) is 2.93. The zero-order valence-electron chi connectivity index (χ0n) is 12.0. The fourth-order valence-electron chi connectivity index (χ4n) is 2.40. The fraction of sp³-hybridized carbons (Fsp3) is 0.500. The first-order valence-corrected chi connectivity index (χ1v) is 8.37. The third kappa shape index (κ3) is 4.26. The Morgan fingerprint density at radius 2 is 2.05 bits per heavy atom. The number of likely N-dealkylation sites (tertiary alicyclic amines) is 1. The molecule has 1 aromatic rings. The predicted molar refractivity (Wildman–Crippen MR) is 78.1 cm³/mol. The van der Waals surface area contributed by atoms with Crippen molar-refractivity contribution < 1.29 is 17.9 Å². The van der Waals surface area contributed by atoms with Crippen LogP contribution in [-0.2, 0) is 26.0 Å². The summed E-state index contributed by atoms with van der Waals surface area (Å²) in [6.07, 6.45) is 2.01. The minimum atomic E-state index is -3.66. The van der Waals surface area contributed by atoms with Crippen molar-refractivity contribution in [2.24, 2.45) is 5.14 Å². The van der Waals surface area contributed by atoms with Gasteiger partial charge in [0.05, 0.1) is 11.0 Å². The number of carbonyl (C=O) groups excluding carboxylic acids is 1. The molecule has 0 saturated carbocycles. The van der Waals surface area contributed by atoms with Crippen LogP contribution in [0.15, 0.2) is 29.2 Å². The molecule has 1 aliphatic rings. The number of hydrogen-bond acceptors (Lipinski definition) is 4. The van der Waals surface area contributed by atoms with E-state index in [1.54, 1.807) is 19.2 Å². The van der Waals surface area contributed by atoms with Crippen LogP contribution in [0.1, 0.15) is 18.4 Å². The van der Waals surface area contributed by atoms with Gasteiger partial charge in [0.1, 0.15) is 0 Å². The maximum absolute atomic E-state index is 12.1. The lowest BCUT2D eigenvalue weighted by atomic mass is 10.1. The lowest BCUT2D eigenvalue weighted by Crippen LogP contribution is -2.30. The summed E-state index contributed by atoms with van der Waals surface area (Å²) in [5.74, 6) is 0.102.